The largest absolute Gasteiger partial charge is 0.378 e. The number of rotatable bonds is 6. The Hall–Kier alpha value is -3.75. The van der Waals surface area contributed by atoms with Crippen molar-refractivity contribution in [2.75, 3.05) is 62.3 Å². The maximum Gasteiger partial charge on any atom is 0.158 e. The lowest BCUT2D eigenvalue weighted by molar-refractivity contribution is 0.122. The van der Waals surface area contributed by atoms with Gasteiger partial charge in [0, 0.05) is 68.9 Å². The molecule has 8 nitrogen and oxygen atoms in total. The minimum absolute atomic E-state index is 0.516. The molecule has 0 amide bonds. The molecule has 2 fully saturated rings. The second-order valence-electron chi connectivity index (χ2n) is 9.67. The Balaban J connectivity index is 1.30. The summed E-state index contributed by atoms with van der Waals surface area (Å²) in [6.45, 7) is 9.84. The van der Waals surface area contributed by atoms with Crippen LogP contribution in [0.3, 0.4) is 0 Å². The molecule has 0 unspecified atom stereocenters. The lowest BCUT2D eigenvalue weighted by Crippen LogP contribution is -2.43. The van der Waals surface area contributed by atoms with Crippen molar-refractivity contribution in [2.24, 2.45) is 4.99 Å². The smallest absolute Gasteiger partial charge is 0.158 e. The number of hydrogen-bond donors (Lipinski definition) is 1. The highest BCUT2D eigenvalue weighted by atomic mass is 16.5. The van der Waals surface area contributed by atoms with E-state index in [-0.39, 0.29) is 0 Å². The molecule has 0 spiro atoms. The maximum atomic E-state index is 5.60. The van der Waals surface area contributed by atoms with E-state index in [4.69, 9.17) is 19.8 Å². The van der Waals surface area contributed by atoms with Crippen molar-refractivity contribution in [1.82, 2.24) is 19.9 Å². The van der Waals surface area contributed by atoms with Crippen LogP contribution in [0.5, 0.6) is 0 Å². The quantitative estimate of drug-likeness (QED) is 0.413. The molecule has 0 saturated carbocycles. The van der Waals surface area contributed by atoms with Crippen LogP contribution in [0, 0.1) is 6.92 Å². The molecule has 1 N–H and O–H groups in total. The van der Waals surface area contributed by atoms with E-state index in [9.17, 15) is 0 Å². The fourth-order valence-corrected chi connectivity index (χ4v) is 5.01. The van der Waals surface area contributed by atoms with Crippen LogP contribution in [0.2, 0.25) is 0 Å². The van der Waals surface area contributed by atoms with Crippen LogP contribution in [0.15, 0.2) is 65.7 Å². The predicted molar refractivity (Wildman–Crippen MR) is 149 cm³/mol. The number of fused-ring (bicyclic) bond motifs is 1. The maximum absolute atomic E-state index is 5.60. The summed E-state index contributed by atoms with van der Waals surface area (Å²) >= 11 is 0. The lowest BCUT2D eigenvalue weighted by atomic mass is 10.1. The minimum atomic E-state index is 0.516. The van der Waals surface area contributed by atoms with Gasteiger partial charge in [0.25, 0.3) is 0 Å². The van der Waals surface area contributed by atoms with Crippen molar-refractivity contribution in [3.8, 4) is 11.3 Å². The van der Waals surface area contributed by atoms with E-state index >= 15 is 0 Å². The third-order valence-corrected chi connectivity index (χ3v) is 6.98. The molecule has 0 radical (unpaired) electrons. The third kappa shape index (κ3) is 5.35. The average molecular weight is 496 g/mol. The van der Waals surface area contributed by atoms with E-state index in [0.29, 0.717) is 19.8 Å². The molecule has 2 aliphatic heterocycles. The van der Waals surface area contributed by atoms with E-state index in [2.05, 4.69) is 82.7 Å². The zero-order valence-electron chi connectivity index (χ0n) is 21.3. The van der Waals surface area contributed by atoms with Crippen LogP contribution in [-0.4, -0.2) is 73.3 Å². The fourth-order valence-electron chi connectivity index (χ4n) is 5.01. The van der Waals surface area contributed by atoms with Gasteiger partial charge in [0.2, 0.25) is 0 Å². The van der Waals surface area contributed by atoms with E-state index in [0.717, 1.165) is 73.2 Å². The van der Waals surface area contributed by atoms with Crippen molar-refractivity contribution in [3.05, 3.63) is 77.5 Å². The first-order valence-electron chi connectivity index (χ1n) is 13.1. The summed E-state index contributed by atoms with van der Waals surface area (Å²) in [7, 11) is 0. The number of aliphatic imine (C=N–C) groups is 1. The second-order valence-corrected chi connectivity index (χ2v) is 9.67. The summed E-state index contributed by atoms with van der Waals surface area (Å²) in [5.74, 6) is 1.04. The zero-order valence-corrected chi connectivity index (χ0v) is 21.3. The van der Waals surface area contributed by atoms with Crippen LogP contribution >= 0.6 is 0 Å². The predicted octanol–water partition coefficient (Wildman–Crippen LogP) is 3.57. The fraction of sp³-hybridized carbons (Fsp3) is 0.345. The van der Waals surface area contributed by atoms with Gasteiger partial charge in [-0.2, -0.15) is 9.61 Å². The standard InChI is InChI=1S/C29H33N7O/c1-22-3-2-4-23(17-22)20-31-21-25-18-29(35-13-15-37-16-14-35)36-28(32-25)19-27(33-36)24-5-7-26(8-6-24)34-11-9-30-10-12-34/h2-8,17-20,30H,9-16,21H2,1H3. The minimum Gasteiger partial charge on any atom is -0.378 e. The van der Waals surface area contributed by atoms with Gasteiger partial charge in [0.1, 0.15) is 5.82 Å². The van der Waals surface area contributed by atoms with Crippen molar-refractivity contribution in [1.29, 1.82) is 0 Å². The van der Waals surface area contributed by atoms with Gasteiger partial charge in [-0.3, -0.25) is 4.99 Å². The number of ether oxygens (including phenoxy) is 1. The van der Waals surface area contributed by atoms with E-state index in [1.807, 2.05) is 10.7 Å². The van der Waals surface area contributed by atoms with E-state index < -0.39 is 0 Å². The first-order chi connectivity index (χ1) is 18.2. The molecule has 4 aromatic rings. The SMILES string of the molecule is Cc1cccc(C=NCc2cc(N3CCOCC3)n3nc(-c4ccc(N5CCNCC5)cc4)cc3n2)c1. The Morgan fingerprint density at radius 2 is 1.76 bits per heavy atom. The number of nitrogens with one attached hydrogen (secondary N) is 1. The van der Waals surface area contributed by atoms with Gasteiger partial charge in [-0.15, -0.1) is 0 Å². The Labute approximate surface area is 217 Å². The highest BCUT2D eigenvalue weighted by Crippen LogP contribution is 2.26. The monoisotopic (exact) mass is 495 g/mol. The van der Waals surface area contributed by atoms with Gasteiger partial charge in [0.15, 0.2) is 5.65 Å². The summed E-state index contributed by atoms with van der Waals surface area (Å²) in [5, 5.41) is 8.40. The van der Waals surface area contributed by atoms with Crippen LogP contribution in [-0.2, 0) is 11.3 Å². The first kappa shape index (κ1) is 23.6. The zero-order chi connectivity index (χ0) is 25.0. The average Bonchev–Trinajstić information content (AvgIpc) is 3.38. The Morgan fingerprint density at radius 1 is 0.946 bits per heavy atom. The molecule has 0 bridgehead atoms. The molecule has 2 aromatic carbocycles. The molecular formula is C29H33N7O. The summed E-state index contributed by atoms with van der Waals surface area (Å²) < 4.78 is 7.58. The summed E-state index contributed by atoms with van der Waals surface area (Å²) in [6, 6.07) is 21.3. The number of anilines is 2. The van der Waals surface area contributed by atoms with Crippen molar-refractivity contribution < 1.29 is 4.74 Å². The van der Waals surface area contributed by atoms with Crippen LogP contribution in [0.1, 0.15) is 16.8 Å². The van der Waals surface area contributed by atoms with E-state index in [1.54, 1.807) is 0 Å². The highest BCUT2D eigenvalue weighted by Gasteiger charge is 2.18. The van der Waals surface area contributed by atoms with Crippen molar-refractivity contribution in [3.63, 3.8) is 0 Å². The van der Waals surface area contributed by atoms with E-state index in [1.165, 1.54) is 11.3 Å². The van der Waals surface area contributed by atoms with Crippen LogP contribution in [0.25, 0.3) is 16.9 Å². The molecule has 8 heteroatoms. The van der Waals surface area contributed by atoms with Gasteiger partial charge >= 0.3 is 0 Å². The number of piperazine rings is 1. The second kappa shape index (κ2) is 10.7. The Kier molecular flexibility index (Phi) is 6.84. The molecule has 0 atom stereocenters. The van der Waals surface area contributed by atoms with Gasteiger partial charge in [0.05, 0.1) is 31.1 Å². The van der Waals surface area contributed by atoms with Gasteiger partial charge < -0.3 is 19.9 Å². The van der Waals surface area contributed by atoms with Crippen molar-refractivity contribution in [2.45, 2.75) is 13.5 Å². The van der Waals surface area contributed by atoms with Crippen molar-refractivity contribution >= 4 is 23.4 Å². The molecule has 190 valence electrons. The number of aromatic nitrogens is 3. The molecule has 2 saturated heterocycles. The summed E-state index contributed by atoms with van der Waals surface area (Å²) in [4.78, 5) is 14.4. The molecule has 37 heavy (non-hydrogen) atoms. The number of morpholine rings is 1. The normalized spacial score (nSPS) is 16.7. The number of hydrogen-bond acceptors (Lipinski definition) is 7. The van der Waals surface area contributed by atoms with Gasteiger partial charge in [-0.1, -0.05) is 42.0 Å². The summed E-state index contributed by atoms with van der Waals surface area (Å²) in [6.07, 6.45) is 1.93. The molecule has 0 aliphatic carbocycles. The van der Waals surface area contributed by atoms with Crippen LogP contribution in [0.4, 0.5) is 11.5 Å². The van der Waals surface area contributed by atoms with Gasteiger partial charge in [-0.05, 0) is 24.6 Å². The number of aryl methyl sites for hydroxylation is 1. The lowest BCUT2D eigenvalue weighted by Gasteiger charge is -2.29. The Morgan fingerprint density at radius 3 is 2.54 bits per heavy atom. The number of nitrogens with zero attached hydrogens (tertiary/aromatic N) is 6. The third-order valence-electron chi connectivity index (χ3n) is 6.98. The molecular weight excluding hydrogens is 462 g/mol. The summed E-state index contributed by atoms with van der Waals surface area (Å²) in [5.41, 5.74) is 7.38. The topological polar surface area (TPSA) is 70.3 Å². The van der Waals surface area contributed by atoms with Gasteiger partial charge in [-0.25, -0.2) is 4.98 Å². The highest BCUT2D eigenvalue weighted by molar-refractivity contribution is 5.79. The molecule has 2 aliphatic rings. The first-order valence-corrected chi connectivity index (χ1v) is 13.1. The molecule has 2 aromatic heterocycles. The molecule has 6 rings (SSSR count). The Bertz CT molecular complexity index is 1380. The van der Waals surface area contributed by atoms with Crippen LogP contribution < -0.4 is 15.1 Å². The number of benzene rings is 2. The molecule has 4 heterocycles.